The molecule has 0 spiro atoms. The van der Waals surface area contributed by atoms with Gasteiger partial charge in [-0.15, -0.1) is 24.0 Å². The average molecular weight is 526 g/mol. The summed E-state index contributed by atoms with van der Waals surface area (Å²) in [6.45, 7) is 4.10. The highest BCUT2D eigenvalue weighted by Crippen LogP contribution is 2.29. The second-order valence-corrected chi connectivity index (χ2v) is 7.48. The minimum atomic E-state index is -4.28. The molecule has 1 aromatic carbocycles. The van der Waals surface area contributed by atoms with Crippen LogP contribution in [0.2, 0.25) is 0 Å². The first kappa shape index (κ1) is 24.2. The predicted octanol–water partition coefficient (Wildman–Crippen LogP) is 3.63. The van der Waals surface area contributed by atoms with Gasteiger partial charge in [0, 0.05) is 45.9 Å². The van der Waals surface area contributed by atoms with Gasteiger partial charge in [0.05, 0.1) is 11.7 Å². The molecule has 0 aliphatic carbocycles. The smallest absolute Gasteiger partial charge is 0.378 e. The van der Waals surface area contributed by atoms with Crippen molar-refractivity contribution >= 4 is 29.9 Å². The molecule has 2 saturated heterocycles. The van der Waals surface area contributed by atoms with Gasteiger partial charge < -0.3 is 15.4 Å². The minimum absolute atomic E-state index is 0. The van der Waals surface area contributed by atoms with Crippen LogP contribution in [-0.4, -0.2) is 56.3 Å². The van der Waals surface area contributed by atoms with Crippen LogP contribution in [0.1, 0.15) is 36.8 Å². The van der Waals surface area contributed by atoms with Crippen LogP contribution >= 0.6 is 24.0 Å². The van der Waals surface area contributed by atoms with E-state index in [1.807, 2.05) is 0 Å². The van der Waals surface area contributed by atoms with Gasteiger partial charge in [-0.1, -0.05) is 12.1 Å². The van der Waals surface area contributed by atoms with Crippen LogP contribution in [-0.2, 0) is 17.5 Å². The molecule has 2 atom stereocenters. The molecule has 0 radical (unpaired) electrons. The number of ether oxygens (including phenoxy) is 1. The molecule has 3 rings (SSSR count). The van der Waals surface area contributed by atoms with E-state index in [-0.39, 0.29) is 30.0 Å². The number of halogens is 4. The molecule has 164 valence electrons. The standard InChI is InChI=1S/C20H29F3N4O.HI/c1-24-19(25-10-8-18-3-2-12-28-18)26-17-9-11-27(14-17)13-15-4-6-16(7-5-15)20(21,22)23;/h4-7,17-18H,2-3,8-14H2,1H3,(H2,24,25,26);1H. The Hall–Kier alpha value is -1.07. The van der Waals surface area contributed by atoms with Crippen LogP contribution in [0.4, 0.5) is 13.2 Å². The summed E-state index contributed by atoms with van der Waals surface area (Å²) in [4.78, 5) is 6.54. The van der Waals surface area contributed by atoms with E-state index >= 15 is 0 Å². The van der Waals surface area contributed by atoms with Gasteiger partial charge in [0.2, 0.25) is 0 Å². The fourth-order valence-corrected chi connectivity index (χ4v) is 3.76. The van der Waals surface area contributed by atoms with Crippen molar-refractivity contribution in [2.45, 2.75) is 50.6 Å². The van der Waals surface area contributed by atoms with Gasteiger partial charge in [0.25, 0.3) is 0 Å². The van der Waals surface area contributed by atoms with Crippen molar-refractivity contribution < 1.29 is 17.9 Å². The molecule has 0 amide bonds. The molecule has 2 aliphatic rings. The topological polar surface area (TPSA) is 48.9 Å². The van der Waals surface area contributed by atoms with Gasteiger partial charge >= 0.3 is 6.18 Å². The highest BCUT2D eigenvalue weighted by atomic mass is 127. The summed E-state index contributed by atoms with van der Waals surface area (Å²) in [5, 5.41) is 6.79. The third-order valence-electron chi connectivity index (χ3n) is 5.31. The molecule has 2 unspecified atom stereocenters. The first-order valence-electron chi connectivity index (χ1n) is 9.91. The van der Waals surface area contributed by atoms with Crippen LogP contribution in [0.25, 0.3) is 0 Å². The van der Waals surface area contributed by atoms with Crippen LogP contribution in [0.5, 0.6) is 0 Å². The van der Waals surface area contributed by atoms with E-state index in [9.17, 15) is 13.2 Å². The number of guanidine groups is 1. The summed E-state index contributed by atoms with van der Waals surface area (Å²) in [5.41, 5.74) is 0.294. The predicted molar refractivity (Wildman–Crippen MR) is 119 cm³/mol. The summed E-state index contributed by atoms with van der Waals surface area (Å²) >= 11 is 0. The maximum absolute atomic E-state index is 12.7. The Morgan fingerprint density at radius 3 is 2.62 bits per heavy atom. The van der Waals surface area contributed by atoms with Crippen molar-refractivity contribution in [3.05, 3.63) is 35.4 Å². The van der Waals surface area contributed by atoms with Crippen molar-refractivity contribution in [2.75, 3.05) is 33.3 Å². The molecule has 2 heterocycles. The Morgan fingerprint density at radius 2 is 2.00 bits per heavy atom. The zero-order valence-corrected chi connectivity index (χ0v) is 19.0. The summed E-state index contributed by atoms with van der Waals surface area (Å²) < 4.78 is 43.6. The average Bonchev–Trinajstić information content (AvgIpc) is 3.33. The van der Waals surface area contributed by atoms with Gasteiger partial charge in [-0.2, -0.15) is 13.2 Å². The highest BCUT2D eigenvalue weighted by molar-refractivity contribution is 14.0. The second-order valence-electron chi connectivity index (χ2n) is 7.48. The first-order chi connectivity index (χ1) is 13.4. The molecular formula is C20H30F3IN4O. The summed E-state index contributed by atoms with van der Waals surface area (Å²) in [5.74, 6) is 0.791. The fourth-order valence-electron chi connectivity index (χ4n) is 3.76. The van der Waals surface area contributed by atoms with E-state index in [1.165, 1.54) is 0 Å². The normalized spacial score (nSPS) is 23.1. The van der Waals surface area contributed by atoms with E-state index < -0.39 is 11.7 Å². The molecule has 0 aromatic heterocycles. The quantitative estimate of drug-likeness (QED) is 0.338. The van der Waals surface area contributed by atoms with Gasteiger partial charge in [0.15, 0.2) is 5.96 Å². The molecule has 2 N–H and O–H groups in total. The van der Waals surface area contributed by atoms with E-state index in [4.69, 9.17) is 4.74 Å². The number of aliphatic imine (C=N–C) groups is 1. The Labute approximate surface area is 187 Å². The SMILES string of the molecule is CN=C(NCCC1CCCO1)NC1CCN(Cc2ccc(C(F)(F)F)cc2)C1.I. The minimum Gasteiger partial charge on any atom is -0.378 e. The van der Waals surface area contributed by atoms with Crippen molar-refractivity contribution in [1.82, 2.24) is 15.5 Å². The van der Waals surface area contributed by atoms with Gasteiger partial charge in [-0.25, -0.2) is 0 Å². The van der Waals surface area contributed by atoms with Crippen LogP contribution in [0, 0.1) is 0 Å². The number of rotatable bonds is 6. The Balaban J connectivity index is 0.00000300. The lowest BCUT2D eigenvalue weighted by molar-refractivity contribution is -0.137. The third kappa shape index (κ3) is 7.60. The summed E-state index contributed by atoms with van der Waals surface area (Å²) in [7, 11) is 1.76. The van der Waals surface area contributed by atoms with Gasteiger partial charge in [0.1, 0.15) is 0 Å². The van der Waals surface area contributed by atoms with Crippen LogP contribution < -0.4 is 10.6 Å². The molecule has 2 fully saturated rings. The molecule has 2 aliphatic heterocycles. The maximum atomic E-state index is 12.7. The van der Waals surface area contributed by atoms with Crippen molar-refractivity contribution in [1.29, 1.82) is 0 Å². The second kappa shape index (κ2) is 11.4. The lowest BCUT2D eigenvalue weighted by atomic mass is 10.1. The molecule has 9 heteroatoms. The molecule has 5 nitrogen and oxygen atoms in total. The fraction of sp³-hybridized carbons (Fsp3) is 0.650. The van der Waals surface area contributed by atoms with Gasteiger partial charge in [-0.05, 0) is 43.4 Å². The monoisotopic (exact) mass is 526 g/mol. The summed E-state index contributed by atoms with van der Waals surface area (Å²) in [6, 6.07) is 5.72. The highest BCUT2D eigenvalue weighted by Gasteiger charge is 2.30. The van der Waals surface area contributed by atoms with Crippen molar-refractivity contribution in [3.63, 3.8) is 0 Å². The van der Waals surface area contributed by atoms with Gasteiger partial charge in [-0.3, -0.25) is 9.89 Å². The number of nitrogens with zero attached hydrogens (tertiary/aromatic N) is 2. The molecule has 0 saturated carbocycles. The van der Waals surface area contributed by atoms with Crippen LogP contribution in [0.3, 0.4) is 0 Å². The van der Waals surface area contributed by atoms with E-state index in [1.54, 1.807) is 19.2 Å². The van der Waals surface area contributed by atoms with Crippen LogP contribution in [0.15, 0.2) is 29.3 Å². The Bertz CT molecular complexity index is 648. The molecular weight excluding hydrogens is 496 g/mol. The van der Waals surface area contributed by atoms with Crippen molar-refractivity contribution in [2.24, 2.45) is 4.99 Å². The number of alkyl halides is 3. The lowest BCUT2D eigenvalue weighted by Gasteiger charge is -2.19. The number of hydrogen-bond donors (Lipinski definition) is 2. The first-order valence-corrected chi connectivity index (χ1v) is 9.91. The largest absolute Gasteiger partial charge is 0.416 e. The molecule has 29 heavy (non-hydrogen) atoms. The summed E-state index contributed by atoms with van der Waals surface area (Å²) in [6.07, 6.45) is 0.312. The number of nitrogens with one attached hydrogen (secondary N) is 2. The number of hydrogen-bond acceptors (Lipinski definition) is 3. The third-order valence-corrected chi connectivity index (χ3v) is 5.31. The zero-order chi connectivity index (χ0) is 20.0. The lowest BCUT2D eigenvalue weighted by Crippen LogP contribution is -2.45. The zero-order valence-electron chi connectivity index (χ0n) is 16.7. The number of likely N-dealkylation sites (tertiary alicyclic amines) is 1. The van der Waals surface area contributed by atoms with Crippen molar-refractivity contribution in [3.8, 4) is 0 Å². The Kier molecular flexibility index (Phi) is 9.48. The number of benzene rings is 1. The maximum Gasteiger partial charge on any atom is 0.416 e. The van der Waals surface area contributed by atoms with E-state index in [0.29, 0.717) is 12.6 Å². The Morgan fingerprint density at radius 1 is 1.24 bits per heavy atom. The van der Waals surface area contributed by atoms with E-state index in [0.717, 1.165) is 75.6 Å². The molecule has 1 aromatic rings. The molecule has 0 bridgehead atoms. The van der Waals surface area contributed by atoms with E-state index in [2.05, 4.69) is 20.5 Å².